The predicted octanol–water partition coefficient (Wildman–Crippen LogP) is 5.37. The molecule has 2 atom stereocenters. The maximum absolute atomic E-state index is 11.8. The van der Waals surface area contributed by atoms with Crippen molar-refractivity contribution in [1.29, 1.82) is 0 Å². The van der Waals surface area contributed by atoms with Gasteiger partial charge in [-0.25, -0.2) is 15.0 Å². The minimum atomic E-state index is -3.56. The van der Waals surface area contributed by atoms with E-state index in [2.05, 4.69) is 26.1 Å². The van der Waals surface area contributed by atoms with Gasteiger partial charge in [-0.15, -0.1) is 0 Å². The highest BCUT2D eigenvalue weighted by molar-refractivity contribution is 7.86. The molecule has 0 saturated heterocycles. The number of anilines is 1. The molecule has 0 aliphatic heterocycles. The van der Waals surface area contributed by atoms with Crippen LogP contribution in [-0.4, -0.2) is 51.5 Å². The van der Waals surface area contributed by atoms with Gasteiger partial charge < -0.3 is 14.4 Å². The van der Waals surface area contributed by atoms with E-state index in [1.807, 2.05) is 63.4 Å². The molecule has 0 spiro atoms. The molecule has 0 radical (unpaired) electrons. The quantitative estimate of drug-likeness (QED) is 0.262. The van der Waals surface area contributed by atoms with Crippen LogP contribution in [-0.2, 0) is 14.3 Å². The normalized spacial score (nSPS) is 17.5. The first-order valence-electron chi connectivity index (χ1n) is 13.2. The summed E-state index contributed by atoms with van der Waals surface area (Å²) in [6, 6.07) is 13.9. The largest absolute Gasteiger partial charge is 0.361 e. The van der Waals surface area contributed by atoms with Crippen LogP contribution in [0.1, 0.15) is 36.3 Å². The van der Waals surface area contributed by atoms with Gasteiger partial charge in [-0.2, -0.15) is 8.42 Å². The van der Waals surface area contributed by atoms with E-state index in [9.17, 15) is 8.42 Å². The average Bonchev–Trinajstić information content (AvgIpc) is 3.61. The van der Waals surface area contributed by atoms with Crippen molar-refractivity contribution in [2.45, 2.75) is 52.2 Å². The second-order valence-corrected chi connectivity index (χ2v) is 11.9. The zero-order chi connectivity index (χ0) is 28.0. The van der Waals surface area contributed by atoms with Gasteiger partial charge in [0.2, 0.25) is 5.95 Å². The zero-order valence-electron chi connectivity index (χ0n) is 22.7. The topological polar surface area (TPSA) is 125 Å². The summed E-state index contributed by atoms with van der Waals surface area (Å²) in [5.74, 6) is 1.14. The summed E-state index contributed by atoms with van der Waals surface area (Å²) in [5, 5.41) is 8.37. The SMILES string of the molecule is Cc1cnc(N[C@H]2CCC[C@H]2OS(C)(=O)=O)nc1-c1cn(-c2ccccc2)c2nc(-c3c(C)noc3C)ccc12. The summed E-state index contributed by atoms with van der Waals surface area (Å²) < 4.78 is 36.3. The van der Waals surface area contributed by atoms with Crippen LogP contribution < -0.4 is 5.32 Å². The van der Waals surface area contributed by atoms with Crippen molar-refractivity contribution >= 4 is 27.1 Å². The fourth-order valence-corrected chi connectivity index (χ4v) is 6.12. The summed E-state index contributed by atoms with van der Waals surface area (Å²) in [5.41, 5.74) is 6.79. The summed E-state index contributed by atoms with van der Waals surface area (Å²) >= 11 is 0. The smallest absolute Gasteiger partial charge is 0.264 e. The third-order valence-corrected chi connectivity index (χ3v) is 7.86. The Balaban J connectivity index is 1.45. The molecule has 5 aromatic rings. The predicted molar refractivity (Wildman–Crippen MR) is 153 cm³/mol. The Kier molecular flexibility index (Phi) is 6.63. The maximum Gasteiger partial charge on any atom is 0.264 e. The molecule has 4 aromatic heterocycles. The fraction of sp³-hybridized carbons (Fsp3) is 0.310. The lowest BCUT2D eigenvalue weighted by Gasteiger charge is -2.20. The summed E-state index contributed by atoms with van der Waals surface area (Å²) in [7, 11) is -3.56. The molecule has 1 aliphatic carbocycles. The summed E-state index contributed by atoms with van der Waals surface area (Å²) in [6.45, 7) is 5.77. The molecular formula is C29H30N6O4S. The molecule has 0 bridgehead atoms. The van der Waals surface area contributed by atoms with Crippen LogP contribution >= 0.6 is 0 Å². The maximum atomic E-state index is 11.8. The molecule has 11 heteroatoms. The molecule has 4 heterocycles. The molecule has 0 amide bonds. The number of hydrogen-bond donors (Lipinski definition) is 1. The Hall–Kier alpha value is -4.09. The number of nitrogens with zero attached hydrogens (tertiary/aromatic N) is 5. The third kappa shape index (κ3) is 4.98. The van der Waals surface area contributed by atoms with E-state index in [1.165, 1.54) is 0 Å². The fourth-order valence-electron chi connectivity index (χ4n) is 5.44. The van der Waals surface area contributed by atoms with E-state index in [4.69, 9.17) is 18.7 Å². The number of fused-ring (bicyclic) bond motifs is 1. The standard InChI is InChI=1S/C29H30N6O4S/c1-17-15-30-29(32-23-11-8-12-25(23)39-40(4,36)37)33-27(17)22-16-35(20-9-6-5-7-10-20)28-21(22)13-14-24(31-28)26-18(2)34-38-19(26)3/h5-7,9-10,13-16,23,25H,8,11-12H2,1-4H3,(H,30,32,33)/t23-,25+/m0/s1. The molecule has 206 valence electrons. The van der Waals surface area contributed by atoms with Crippen LogP contribution in [0.5, 0.6) is 0 Å². The Morgan fingerprint density at radius 2 is 1.85 bits per heavy atom. The van der Waals surface area contributed by atoms with Crippen LogP contribution in [0.2, 0.25) is 0 Å². The van der Waals surface area contributed by atoms with E-state index >= 15 is 0 Å². The molecule has 1 aromatic carbocycles. The minimum absolute atomic E-state index is 0.199. The van der Waals surface area contributed by atoms with Crippen LogP contribution in [0.4, 0.5) is 5.95 Å². The number of pyridine rings is 1. The van der Waals surface area contributed by atoms with Gasteiger partial charge in [-0.05, 0) is 69.9 Å². The first-order chi connectivity index (χ1) is 19.2. The second kappa shape index (κ2) is 10.1. The van der Waals surface area contributed by atoms with Gasteiger partial charge >= 0.3 is 0 Å². The van der Waals surface area contributed by atoms with E-state index < -0.39 is 16.2 Å². The number of nitrogens with one attached hydrogen (secondary N) is 1. The van der Waals surface area contributed by atoms with Gasteiger partial charge in [0.05, 0.1) is 41.0 Å². The van der Waals surface area contributed by atoms with E-state index in [-0.39, 0.29) is 6.04 Å². The molecule has 1 aliphatic rings. The van der Waals surface area contributed by atoms with Gasteiger partial charge in [-0.1, -0.05) is 23.4 Å². The van der Waals surface area contributed by atoms with E-state index in [1.54, 1.807) is 6.20 Å². The van der Waals surface area contributed by atoms with Crippen LogP contribution in [0, 0.1) is 20.8 Å². The minimum Gasteiger partial charge on any atom is -0.361 e. The second-order valence-electron chi connectivity index (χ2n) is 10.3. The zero-order valence-corrected chi connectivity index (χ0v) is 23.6. The van der Waals surface area contributed by atoms with Crippen LogP contribution in [0.3, 0.4) is 0 Å². The Labute approximate surface area is 232 Å². The highest BCUT2D eigenvalue weighted by Crippen LogP contribution is 2.36. The van der Waals surface area contributed by atoms with Crippen molar-refractivity contribution in [3.05, 3.63) is 71.9 Å². The van der Waals surface area contributed by atoms with E-state index in [0.717, 1.165) is 75.4 Å². The lowest BCUT2D eigenvalue weighted by atomic mass is 10.1. The Morgan fingerprint density at radius 3 is 2.58 bits per heavy atom. The number of rotatable bonds is 7. The van der Waals surface area contributed by atoms with Crippen molar-refractivity contribution in [1.82, 2.24) is 24.7 Å². The van der Waals surface area contributed by atoms with Crippen molar-refractivity contribution in [2.24, 2.45) is 0 Å². The van der Waals surface area contributed by atoms with Crippen LogP contribution in [0.15, 0.2) is 59.4 Å². The van der Waals surface area contributed by atoms with Gasteiger partial charge in [0, 0.05) is 29.0 Å². The highest BCUT2D eigenvalue weighted by Gasteiger charge is 2.31. The number of hydrogen-bond acceptors (Lipinski definition) is 9. The number of aromatic nitrogens is 5. The number of benzene rings is 1. The Bertz CT molecular complexity index is 1790. The molecule has 1 fully saturated rings. The molecule has 40 heavy (non-hydrogen) atoms. The van der Waals surface area contributed by atoms with Crippen molar-refractivity contribution in [2.75, 3.05) is 11.6 Å². The van der Waals surface area contributed by atoms with Gasteiger partial charge in [-0.3, -0.25) is 4.18 Å². The summed E-state index contributed by atoms with van der Waals surface area (Å²) in [4.78, 5) is 14.5. The first-order valence-corrected chi connectivity index (χ1v) is 15.0. The first kappa shape index (κ1) is 26.1. The summed E-state index contributed by atoms with van der Waals surface area (Å²) in [6.07, 6.45) is 6.76. The van der Waals surface area contributed by atoms with Gasteiger partial charge in [0.25, 0.3) is 10.1 Å². The third-order valence-electron chi connectivity index (χ3n) is 7.27. The molecule has 0 unspecified atom stereocenters. The highest BCUT2D eigenvalue weighted by atomic mass is 32.2. The van der Waals surface area contributed by atoms with Gasteiger partial charge in [0.15, 0.2) is 0 Å². The lowest BCUT2D eigenvalue weighted by molar-refractivity contribution is 0.207. The van der Waals surface area contributed by atoms with Gasteiger partial charge in [0.1, 0.15) is 11.4 Å². The molecule has 1 N–H and O–H groups in total. The Morgan fingerprint density at radius 1 is 1.05 bits per heavy atom. The van der Waals surface area contributed by atoms with Crippen molar-refractivity contribution in [3.8, 4) is 28.2 Å². The number of para-hydroxylation sites is 1. The molecule has 6 rings (SSSR count). The van der Waals surface area contributed by atoms with Crippen molar-refractivity contribution in [3.63, 3.8) is 0 Å². The monoisotopic (exact) mass is 558 g/mol. The average molecular weight is 559 g/mol. The molecular weight excluding hydrogens is 528 g/mol. The molecule has 10 nitrogen and oxygen atoms in total. The lowest BCUT2D eigenvalue weighted by Crippen LogP contribution is -2.33. The molecule has 1 saturated carbocycles. The van der Waals surface area contributed by atoms with Crippen molar-refractivity contribution < 1.29 is 17.1 Å². The van der Waals surface area contributed by atoms with E-state index in [0.29, 0.717) is 12.4 Å². The van der Waals surface area contributed by atoms with Crippen LogP contribution in [0.25, 0.3) is 39.2 Å². The number of aryl methyl sites for hydroxylation is 3.